The van der Waals surface area contributed by atoms with Crippen LogP contribution in [-0.2, 0) is 16.1 Å². The lowest BCUT2D eigenvalue weighted by molar-refractivity contribution is -0.143. The summed E-state index contributed by atoms with van der Waals surface area (Å²) in [5, 5.41) is 3.15. The summed E-state index contributed by atoms with van der Waals surface area (Å²) in [7, 11) is 1.39. The Morgan fingerprint density at radius 2 is 2.11 bits per heavy atom. The number of rotatable bonds is 5. The maximum Gasteiger partial charge on any atom is 0.327 e. The largest absolute Gasteiger partial charge is 0.472 e. The van der Waals surface area contributed by atoms with E-state index < -0.39 is 6.04 Å². The number of hydrogen-bond donors (Lipinski definition) is 1. The van der Waals surface area contributed by atoms with E-state index in [0.717, 1.165) is 11.1 Å². The molecule has 1 aromatic heterocycles. The number of ether oxygens (including phenoxy) is 1. The Morgan fingerprint density at radius 3 is 2.72 bits per heavy atom. The molecule has 18 heavy (non-hydrogen) atoms. The Kier molecular flexibility index (Phi) is 4.15. The van der Waals surface area contributed by atoms with Crippen molar-refractivity contribution in [3.63, 3.8) is 0 Å². The van der Waals surface area contributed by atoms with E-state index in [1.807, 2.05) is 36.4 Å². The highest BCUT2D eigenvalue weighted by Gasteiger charge is 2.20. The van der Waals surface area contributed by atoms with Gasteiger partial charge in [0, 0.05) is 12.1 Å². The van der Waals surface area contributed by atoms with Gasteiger partial charge in [0.2, 0.25) is 0 Å². The van der Waals surface area contributed by atoms with Crippen molar-refractivity contribution in [2.45, 2.75) is 12.6 Å². The molecular weight excluding hydrogens is 230 g/mol. The number of carbonyl (C=O) groups is 1. The highest BCUT2D eigenvalue weighted by atomic mass is 16.5. The maximum absolute atomic E-state index is 11.8. The number of nitrogens with one attached hydrogen (secondary N) is 1. The minimum Gasteiger partial charge on any atom is -0.472 e. The van der Waals surface area contributed by atoms with Gasteiger partial charge in [-0.05, 0) is 11.6 Å². The zero-order chi connectivity index (χ0) is 12.8. The summed E-state index contributed by atoms with van der Waals surface area (Å²) in [5.74, 6) is -0.301. The number of benzene rings is 1. The first-order valence-electron chi connectivity index (χ1n) is 5.68. The van der Waals surface area contributed by atoms with Crippen LogP contribution in [0.2, 0.25) is 0 Å². The molecule has 0 amide bonds. The van der Waals surface area contributed by atoms with Crippen LogP contribution in [0, 0.1) is 0 Å². The summed E-state index contributed by atoms with van der Waals surface area (Å²) in [6, 6.07) is 10.9. The molecule has 2 aromatic rings. The highest BCUT2D eigenvalue weighted by Crippen LogP contribution is 2.15. The van der Waals surface area contributed by atoms with Crippen molar-refractivity contribution in [2.24, 2.45) is 0 Å². The van der Waals surface area contributed by atoms with Crippen molar-refractivity contribution in [1.29, 1.82) is 0 Å². The molecule has 0 spiro atoms. The zero-order valence-corrected chi connectivity index (χ0v) is 10.1. The lowest BCUT2D eigenvalue weighted by Gasteiger charge is -2.16. The van der Waals surface area contributed by atoms with Gasteiger partial charge in [0.15, 0.2) is 0 Å². The van der Waals surface area contributed by atoms with Crippen molar-refractivity contribution < 1.29 is 13.9 Å². The maximum atomic E-state index is 11.8. The first-order chi connectivity index (χ1) is 8.81. The van der Waals surface area contributed by atoms with Crippen molar-refractivity contribution in [2.75, 3.05) is 7.11 Å². The second-order valence-corrected chi connectivity index (χ2v) is 3.88. The minimum atomic E-state index is -0.467. The van der Waals surface area contributed by atoms with Crippen LogP contribution in [0.15, 0.2) is 53.3 Å². The molecule has 94 valence electrons. The lowest BCUT2D eigenvalue weighted by Crippen LogP contribution is -2.29. The second kappa shape index (κ2) is 6.02. The molecule has 0 aliphatic rings. The first kappa shape index (κ1) is 12.4. The highest BCUT2D eigenvalue weighted by molar-refractivity contribution is 5.77. The molecule has 4 heteroatoms. The Balaban J connectivity index is 2.09. The molecular formula is C14H15NO3. The molecule has 1 heterocycles. The molecule has 2 rings (SSSR count). The SMILES string of the molecule is COC(=O)C(NCc1ccoc1)c1ccccc1. The molecule has 0 radical (unpaired) electrons. The molecule has 0 saturated carbocycles. The van der Waals surface area contributed by atoms with E-state index in [4.69, 9.17) is 9.15 Å². The Morgan fingerprint density at radius 1 is 1.33 bits per heavy atom. The smallest absolute Gasteiger partial charge is 0.327 e. The average Bonchev–Trinajstić information content (AvgIpc) is 2.93. The van der Waals surface area contributed by atoms with Gasteiger partial charge < -0.3 is 9.15 Å². The van der Waals surface area contributed by atoms with E-state index in [2.05, 4.69) is 5.32 Å². The monoisotopic (exact) mass is 245 g/mol. The van der Waals surface area contributed by atoms with Crippen LogP contribution >= 0.6 is 0 Å². The van der Waals surface area contributed by atoms with E-state index in [1.165, 1.54) is 7.11 Å². The third-order valence-electron chi connectivity index (χ3n) is 2.66. The Labute approximate surface area is 106 Å². The van der Waals surface area contributed by atoms with Crippen LogP contribution in [0.1, 0.15) is 17.2 Å². The van der Waals surface area contributed by atoms with E-state index in [9.17, 15) is 4.79 Å². The van der Waals surface area contributed by atoms with Crippen LogP contribution < -0.4 is 5.32 Å². The molecule has 0 saturated heterocycles. The molecule has 1 aromatic carbocycles. The molecule has 1 N–H and O–H groups in total. The molecule has 1 atom stereocenters. The number of methoxy groups -OCH3 is 1. The quantitative estimate of drug-likeness (QED) is 0.821. The summed E-state index contributed by atoms with van der Waals surface area (Å²) >= 11 is 0. The van der Waals surface area contributed by atoms with Crippen molar-refractivity contribution >= 4 is 5.97 Å². The van der Waals surface area contributed by atoms with Crippen LogP contribution in [0.25, 0.3) is 0 Å². The summed E-state index contributed by atoms with van der Waals surface area (Å²) in [6.07, 6.45) is 3.25. The van der Waals surface area contributed by atoms with Crippen LogP contribution in [0.3, 0.4) is 0 Å². The average molecular weight is 245 g/mol. The topological polar surface area (TPSA) is 51.5 Å². The molecule has 0 fully saturated rings. The third kappa shape index (κ3) is 2.99. The number of carbonyl (C=O) groups excluding carboxylic acids is 1. The fourth-order valence-electron chi connectivity index (χ4n) is 1.71. The van der Waals surface area contributed by atoms with E-state index in [1.54, 1.807) is 12.5 Å². The van der Waals surface area contributed by atoms with Gasteiger partial charge in [-0.15, -0.1) is 0 Å². The van der Waals surface area contributed by atoms with Crippen LogP contribution in [0.5, 0.6) is 0 Å². The molecule has 0 aliphatic heterocycles. The standard InChI is InChI=1S/C14H15NO3/c1-17-14(16)13(12-5-3-2-4-6-12)15-9-11-7-8-18-10-11/h2-8,10,13,15H,9H2,1H3. The van der Waals surface area contributed by atoms with Crippen molar-refractivity contribution in [1.82, 2.24) is 5.32 Å². The van der Waals surface area contributed by atoms with Gasteiger partial charge in [-0.2, -0.15) is 0 Å². The predicted molar refractivity (Wildman–Crippen MR) is 66.7 cm³/mol. The van der Waals surface area contributed by atoms with Crippen LogP contribution in [-0.4, -0.2) is 13.1 Å². The van der Waals surface area contributed by atoms with E-state index >= 15 is 0 Å². The fourth-order valence-corrected chi connectivity index (χ4v) is 1.71. The molecule has 0 bridgehead atoms. The second-order valence-electron chi connectivity index (χ2n) is 3.88. The van der Waals surface area contributed by atoms with Gasteiger partial charge in [0.25, 0.3) is 0 Å². The third-order valence-corrected chi connectivity index (χ3v) is 2.66. The summed E-state index contributed by atoms with van der Waals surface area (Å²) < 4.78 is 9.79. The first-order valence-corrected chi connectivity index (χ1v) is 5.68. The van der Waals surface area contributed by atoms with E-state index in [0.29, 0.717) is 6.54 Å². The van der Waals surface area contributed by atoms with Gasteiger partial charge >= 0.3 is 5.97 Å². The zero-order valence-electron chi connectivity index (χ0n) is 10.1. The van der Waals surface area contributed by atoms with Crippen molar-refractivity contribution in [3.05, 3.63) is 60.1 Å². The van der Waals surface area contributed by atoms with Gasteiger partial charge in [0.05, 0.1) is 19.6 Å². The van der Waals surface area contributed by atoms with E-state index in [-0.39, 0.29) is 5.97 Å². The van der Waals surface area contributed by atoms with Crippen molar-refractivity contribution in [3.8, 4) is 0 Å². The summed E-state index contributed by atoms with van der Waals surface area (Å²) in [6.45, 7) is 0.547. The summed E-state index contributed by atoms with van der Waals surface area (Å²) in [5.41, 5.74) is 1.87. The predicted octanol–water partition coefficient (Wildman–Crippen LogP) is 2.28. The normalized spacial score (nSPS) is 12.1. The molecule has 4 nitrogen and oxygen atoms in total. The molecule has 0 aliphatic carbocycles. The van der Waals surface area contributed by atoms with Gasteiger partial charge in [0.1, 0.15) is 6.04 Å². The van der Waals surface area contributed by atoms with Crippen LogP contribution in [0.4, 0.5) is 0 Å². The summed E-state index contributed by atoms with van der Waals surface area (Å²) in [4.78, 5) is 11.8. The van der Waals surface area contributed by atoms with Gasteiger partial charge in [-0.1, -0.05) is 30.3 Å². The number of furan rings is 1. The number of hydrogen-bond acceptors (Lipinski definition) is 4. The molecule has 1 unspecified atom stereocenters. The number of esters is 1. The van der Waals surface area contributed by atoms with Gasteiger partial charge in [-0.3, -0.25) is 5.32 Å². The fraction of sp³-hybridized carbons (Fsp3) is 0.214. The lowest BCUT2D eigenvalue weighted by atomic mass is 10.1. The van der Waals surface area contributed by atoms with Gasteiger partial charge in [-0.25, -0.2) is 4.79 Å². The Bertz CT molecular complexity index is 479. The minimum absolute atomic E-state index is 0.301. The Hall–Kier alpha value is -2.07.